The van der Waals surface area contributed by atoms with Crippen LogP contribution in [0, 0.1) is 0 Å². The van der Waals surface area contributed by atoms with E-state index in [1.54, 1.807) is 0 Å². The van der Waals surface area contributed by atoms with Crippen LogP contribution in [0.5, 0.6) is 0 Å². The average Bonchev–Trinajstić information content (AvgIpc) is 2.99. The number of thiophene rings is 1. The second-order valence-electron chi connectivity index (χ2n) is 5.20. The molecular formula is C15H11F3N2O5S2. The number of halogens is 3. The summed E-state index contributed by atoms with van der Waals surface area (Å²) in [5, 5.41) is 2.41. The number of Topliss-reactive ketones (excluding diaryl/α,β-unsaturated/α-hetero) is 1. The second-order valence-corrected chi connectivity index (χ2v) is 8.17. The molecule has 2 rings (SSSR count). The Morgan fingerprint density at radius 2 is 1.67 bits per heavy atom. The van der Waals surface area contributed by atoms with E-state index in [0.717, 1.165) is 12.1 Å². The first-order valence-corrected chi connectivity index (χ1v) is 9.32. The monoisotopic (exact) mass is 420 g/mol. The number of primary amides is 1. The molecule has 12 heteroatoms. The van der Waals surface area contributed by atoms with Gasteiger partial charge in [-0.3, -0.25) is 14.4 Å². The molecule has 0 aliphatic rings. The predicted octanol–water partition coefficient (Wildman–Crippen LogP) is 2.38. The second kappa shape index (κ2) is 7.12. The number of amides is 2. The van der Waals surface area contributed by atoms with E-state index in [9.17, 15) is 36.0 Å². The van der Waals surface area contributed by atoms with E-state index in [2.05, 4.69) is 5.32 Å². The van der Waals surface area contributed by atoms with Crippen LogP contribution in [0.3, 0.4) is 0 Å². The molecule has 0 unspecified atom stereocenters. The molecule has 27 heavy (non-hydrogen) atoms. The number of hydrogen-bond acceptors (Lipinski definition) is 6. The van der Waals surface area contributed by atoms with Gasteiger partial charge in [0.05, 0.1) is 14.7 Å². The molecular weight excluding hydrogens is 409 g/mol. The number of anilines is 1. The molecule has 0 atom stereocenters. The van der Waals surface area contributed by atoms with Crippen molar-refractivity contribution in [2.75, 3.05) is 5.32 Å². The highest BCUT2D eigenvalue weighted by Gasteiger charge is 2.42. The molecule has 0 bridgehead atoms. The van der Waals surface area contributed by atoms with Crippen LogP contribution in [0.15, 0.2) is 40.1 Å². The van der Waals surface area contributed by atoms with Crippen LogP contribution < -0.4 is 11.1 Å². The van der Waals surface area contributed by atoms with Gasteiger partial charge in [0.1, 0.15) is 4.88 Å². The van der Waals surface area contributed by atoms with Gasteiger partial charge in [0.25, 0.3) is 11.7 Å². The summed E-state index contributed by atoms with van der Waals surface area (Å²) in [5.74, 6) is -3.96. The minimum atomic E-state index is -5.24. The van der Waals surface area contributed by atoms with Gasteiger partial charge in [0.15, 0.2) is 0 Å². The number of alkyl halides is 3. The Kier molecular flexibility index (Phi) is 5.42. The Bertz CT molecular complexity index is 1020. The summed E-state index contributed by atoms with van der Waals surface area (Å²) >= 11 is 0.0554. The van der Waals surface area contributed by atoms with Gasteiger partial charge in [-0.25, -0.2) is 8.42 Å². The number of nitrogens with one attached hydrogen (secondary N) is 1. The lowest BCUT2D eigenvalue weighted by Gasteiger charge is -2.06. The number of carbonyl (C=O) groups is 3. The largest absolute Gasteiger partial charge is 0.455 e. The van der Waals surface area contributed by atoms with E-state index in [4.69, 9.17) is 5.73 Å². The fourth-order valence-corrected chi connectivity index (χ4v) is 4.80. The molecule has 0 spiro atoms. The van der Waals surface area contributed by atoms with Crippen molar-refractivity contribution in [3.8, 4) is 0 Å². The first kappa shape index (κ1) is 20.6. The molecule has 0 fully saturated rings. The van der Waals surface area contributed by atoms with Gasteiger partial charge in [-0.2, -0.15) is 13.2 Å². The summed E-state index contributed by atoms with van der Waals surface area (Å²) in [7, 11) is -4.44. The third kappa shape index (κ3) is 4.34. The lowest BCUT2D eigenvalue weighted by atomic mass is 10.3. The third-order valence-electron chi connectivity index (χ3n) is 3.18. The first-order valence-electron chi connectivity index (χ1n) is 7.02. The fourth-order valence-electron chi connectivity index (χ4n) is 2.04. The van der Waals surface area contributed by atoms with Crippen LogP contribution in [0.1, 0.15) is 26.3 Å². The van der Waals surface area contributed by atoms with E-state index in [1.165, 1.54) is 19.1 Å². The molecule has 2 aromatic rings. The summed E-state index contributed by atoms with van der Waals surface area (Å²) in [4.78, 5) is 31.0. The number of sulfone groups is 1. The average molecular weight is 420 g/mol. The van der Waals surface area contributed by atoms with E-state index < -0.39 is 48.3 Å². The smallest absolute Gasteiger partial charge is 0.365 e. The van der Waals surface area contributed by atoms with Gasteiger partial charge < -0.3 is 11.1 Å². The van der Waals surface area contributed by atoms with Gasteiger partial charge in [0.2, 0.25) is 15.7 Å². The summed E-state index contributed by atoms with van der Waals surface area (Å²) in [6.45, 7) is 1.24. The zero-order valence-corrected chi connectivity index (χ0v) is 15.1. The minimum absolute atomic E-state index is 0.0554. The van der Waals surface area contributed by atoms with Crippen molar-refractivity contribution in [1.82, 2.24) is 0 Å². The van der Waals surface area contributed by atoms with E-state index in [0.29, 0.717) is 6.07 Å². The van der Waals surface area contributed by atoms with Gasteiger partial charge in [-0.15, -0.1) is 11.3 Å². The van der Waals surface area contributed by atoms with Gasteiger partial charge in [0, 0.05) is 12.6 Å². The van der Waals surface area contributed by atoms with Gasteiger partial charge >= 0.3 is 6.18 Å². The normalized spacial score (nSPS) is 11.9. The fraction of sp³-hybridized carbons (Fsp3) is 0.133. The van der Waals surface area contributed by atoms with Crippen molar-refractivity contribution >= 4 is 44.5 Å². The molecule has 0 saturated carbocycles. The maximum atomic E-state index is 12.7. The van der Waals surface area contributed by atoms with Crippen LogP contribution in [-0.4, -0.2) is 32.2 Å². The maximum Gasteiger partial charge on any atom is 0.455 e. The van der Waals surface area contributed by atoms with Crippen molar-refractivity contribution in [2.45, 2.75) is 22.9 Å². The number of hydrogen-bond donors (Lipinski definition) is 2. The SMILES string of the molecule is CC(=O)Nc1ccc(S(=O)(=O)c2cc(C(=O)C(F)(F)F)sc2C(N)=O)cc1. The molecule has 1 aromatic heterocycles. The third-order valence-corrected chi connectivity index (χ3v) is 6.25. The standard InChI is InChI=1S/C15H11F3N2O5S2/c1-7(21)20-8-2-4-9(5-3-8)27(24,25)11-6-10(13(22)15(16,17)18)26-12(11)14(19)23/h2-6H,1H3,(H2,19,23)(H,20,21). The summed E-state index contributed by atoms with van der Waals surface area (Å²) in [6.07, 6.45) is -5.24. The molecule has 0 aliphatic heterocycles. The van der Waals surface area contributed by atoms with Crippen molar-refractivity contribution in [3.63, 3.8) is 0 Å². The number of carbonyl (C=O) groups excluding carboxylic acids is 3. The molecule has 7 nitrogen and oxygen atoms in total. The lowest BCUT2D eigenvalue weighted by molar-refractivity contribution is -0.114. The molecule has 1 heterocycles. The van der Waals surface area contributed by atoms with Crippen molar-refractivity contribution < 1.29 is 36.0 Å². The molecule has 2 amide bonds. The highest BCUT2D eigenvalue weighted by Crippen LogP contribution is 2.34. The Hall–Kier alpha value is -2.73. The van der Waals surface area contributed by atoms with Gasteiger partial charge in [-0.05, 0) is 30.3 Å². The summed E-state index contributed by atoms with van der Waals surface area (Å²) in [5.41, 5.74) is 5.34. The maximum absolute atomic E-state index is 12.7. The molecule has 3 N–H and O–H groups in total. The van der Waals surface area contributed by atoms with Crippen LogP contribution in [-0.2, 0) is 14.6 Å². The highest BCUT2D eigenvalue weighted by atomic mass is 32.2. The molecule has 144 valence electrons. The van der Waals surface area contributed by atoms with Crippen LogP contribution in [0.4, 0.5) is 18.9 Å². The topological polar surface area (TPSA) is 123 Å². The van der Waals surface area contributed by atoms with Gasteiger partial charge in [-0.1, -0.05) is 0 Å². The predicted molar refractivity (Wildman–Crippen MR) is 89.4 cm³/mol. The first-order chi connectivity index (χ1) is 12.3. The Morgan fingerprint density at radius 3 is 2.11 bits per heavy atom. The minimum Gasteiger partial charge on any atom is -0.365 e. The van der Waals surface area contributed by atoms with Crippen molar-refractivity contribution in [3.05, 3.63) is 40.1 Å². The lowest BCUT2D eigenvalue weighted by Crippen LogP contribution is -2.21. The number of benzene rings is 1. The molecule has 0 radical (unpaired) electrons. The Balaban J connectivity index is 2.55. The number of nitrogens with two attached hydrogens (primary N) is 1. The molecule has 0 saturated heterocycles. The van der Waals surface area contributed by atoms with Crippen LogP contribution in [0.25, 0.3) is 0 Å². The van der Waals surface area contributed by atoms with Crippen LogP contribution >= 0.6 is 11.3 Å². The Morgan fingerprint density at radius 1 is 1.11 bits per heavy atom. The Labute approximate surface area is 154 Å². The van der Waals surface area contributed by atoms with Crippen LogP contribution in [0.2, 0.25) is 0 Å². The van der Waals surface area contributed by atoms with Crippen molar-refractivity contribution in [2.24, 2.45) is 5.73 Å². The number of rotatable bonds is 5. The molecule has 1 aromatic carbocycles. The number of ketones is 1. The quantitative estimate of drug-likeness (QED) is 0.719. The summed E-state index contributed by atoms with van der Waals surface area (Å²) in [6, 6.07) is 5.18. The zero-order valence-electron chi connectivity index (χ0n) is 13.5. The van der Waals surface area contributed by atoms with Crippen molar-refractivity contribution in [1.29, 1.82) is 0 Å². The highest BCUT2D eigenvalue weighted by molar-refractivity contribution is 7.91. The summed E-state index contributed by atoms with van der Waals surface area (Å²) < 4.78 is 63.2. The zero-order chi connectivity index (χ0) is 20.6. The molecule has 0 aliphatic carbocycles. The van der Waals surface area contributed by atoms with E-state index >= 15 is 0 Å². The van der Waals surface area contributed by atoms with E-state index in [1.807, 2.05) is 0 Å². The van der Waals surface area contributed by atoms with E-state index in [-0.39, 0.29) is 21.9 Å².